The van der Waals surface area contributed by atoms with Crippen molar-refractivity contribution < 1.29 is 4.79 Å². The lowest BCUT2D eigenvalue weighted by Crippen LogP contribution is -2.34. The molecule has 1 amide bonds. The largest absolute Gasteiger partial charge is 0.356 e. The minimum atomic E-state index is 0.0992. The topological polar surface area (TPSA) is 59.0 Å². The molecule has 1 unspecified atom stereocenters. The number of carbonyl (C=O) groups excluding carboxylic acids is 1. The first kappa shape index (κ1) is 13.7. The van der Waals surface area contributed by atoms with Crippen LogP contribution in [0.4, 0.5) is 0 Å². The van der Waals surface area contributed by atoms with Gasteiger partial charge < -0.3 is 10.6 Å². The maximum absolute atomic E-state index is 11.2. The zero-order valence-corrected chi connectivity index (χ0v) is 10.9. The van der Waals surface area contributed by atoms with E-state index in [1.807, 2.05) is 30.9 Å². The average molecular weight is 238 g/mol. The van der Waals surface area contributed by atoms with E-state index in [2.05, 4.69) is 22.7 Å². The second-order valence-electron chi connectivity index (χ2n) is 4.30. The Bertz CT molecular complexity index is 348. The van der Waals surface area contributed by atoms with Crippen LogP contribution in [-0.2, 0) is 11.3 Å². The van der Waals surface area contributed by atoms with E-state index >= 15 is 0 Å². The highest BCUT2D eigenvalue weighted by molar-refractivity contribution is 5.75. The maximum Gasteiger partial charge on any atom is 0.221 e. The molecule has 0 fully saturated rings. The van der Waals surface area contributed by atoms with Gasteiger partial charge in [-0.25, -0.2) is 0 Å². The van der Waals surface area contributed by atoms with E-state index in [1.54, 1.807) is 0 Å². The van der Waals surface area contributed by atoms with E-state index in [0.717, 1.165) is 6.54 Å². The molecular weight excluding hydrogens is 216 g/mol. The Morgan fingerprint density at radius 3 is 2.94 bits per heavy atom. The van der Waals surface area contributed by atoms with Gasteiger partial charge in [0.1, 0.15) is 0 Å². The summed E-state index contributed by atoms with van der Waals surface area (Å²) in [5.41, 5.74) is 1.17. The fourth-order valence-electron chi connectivity index (χ4n) is 1.63. The zero-order valence-electron chi connectivity index (χ0n) is 10.9. The molecule has 1 heterocycles. The van der Waals surface area contributed by atoms with Gasteiger partial charge in [0.25, 0.3) is 0 Å². The highest BCUT2D eigenvalue weighted by Crippen LogP contribution is 1.96. The van der Waals surface area contributed by atoms with E-state index in [9.17, 15) is 4.79 Å². The first-order chi connectivity index (χ1) is 8.11. The van der Waals surface area contributed by atoms with Gasteiger partial charge in [0.15, 0.2) is 0 Å². The fraction of sp³-hybridized carbons (Fsp3) is 0.667. The second kappa shape index (κ2) is 7.06. The number of amides is 1. The molecule has 0 aliphatic rings. The normalized spacial score (nSPS) is 12.4. The van der Waals surface area contributed by atoms with Crippen molar-refractivity contribution in [3.63, 3.8) is 0 Å². The molecule has 0 aromatic carbocycles. The van der Waals surface area contributed by atoms with Crippen LogP contribution in [0.25, 0.3) is 0 Å². The third-order valence-corrected chi connectivity index (χ3v) is 2.44. The van der Waals surface area contributed by atoms with Gasteiger partial charge in [-0.2, -0.15) is 5.10 Å². The number of nitrogens with one attached hydrogen (secondary N) is 2. The van der Waals surface area contributed by atoms with Crippen molar-refractivity contribution in [2.45, 2.75) is 39.8 Å². The molecule has 0 saturated heterocycles. The second-order valence-corrected chi connectivity index (χ2v) is 4.30. The number of carbonyl (C=O) groups is 1. The van der Waals surface area contributed by atoms with E-state index < -0.39 is 0 Å². The molecule has 0 bridgehead atoms. The molecule has 1 aromatic heterocycles. The molecule has 1 aromatic rings. The molecule has 17 heavy (non-hydrogen) atoms. The Balaban J connectivity index is 2.17. The molecule has 0 aliphatic heterocycles. The first-order valence-corrected chi connectivity index (χ1v) is 6.11. The predicted octanol–water partition coefficient (Wildman–Crippen LogP) is 0.696. The Morgan fingerprint density at radius 2 is 2.35 bits per heavy atom. The fourth-order valence-corrected chi connectivity index (χ4v) is 1.63. The minimum Gasteiger partial charge on any atom is -0.356 e. The SMILES string of the molecule is CCNC(=O)CCNC(C)Cn1cc(C)cn1. The summed E-state index contributed by atoms with van der Waals surface area (Å²) in [4.78, 5) is 11.2. The van der Waals surface area contributed by atoms with Crippen LogP contribution >= 0.6 is 0 Å². The molecule has 5 nitrogen and oxygen atoms in total. The third-order valence-electron chi connectivity index (χ3n) is 2.44. The Kier molecular flexibility index (Phi) is 5.69. The van der Waals surface area contributed by atoms with Crippen LogP contribution in [0.2, 0.25) is 0 Å². The number of aryl methyl sites for hydroxylation is 1. The summed E-state index contributed by atoms with van der Waals surface area (Å²) in [6.45, 7) is 8.26. The lowest BCUT2D eigenvalue weighted by Gasteiger charge is -2.13. The smallest absolute Gasteiger partial charge is 0.221 e. The molecule has 1 atom stereocenters. The quantitative estimate of drug-likeness (QED) is 0.735. The van der Waals surface area contributed by atoms with Gasteiger partial charge in [-0.3, -0.25) is 9.48 Å². The number of hydrogen-bond donors (Lipinski definition) is 2. The summed E-state index contributed by atoms with van der Waals surface area (Å²) >= 11 is 0. The predicted molar refractivity (Wildman–Crippen MR) is 67.7 cm³/mol. The van der Waals surface area contributed by atoms with Crippen LogP contribution in [-0.4, -0.2) is 34.8 Å². The number of rotatable bonds is 7. The number of nitrogens with zero attached hydrogens (tertiary/aromatic N) is 2. The van der Waals surface area contributed by atoms with E-state index in [-0.39, 0.29) is 5.91 Å². The molecule has 1 rings (SSSR count). The van der Waals surface area contributed by atoms with Crippen LogP contribution < -0.4 is 10.6 Å². The highest BCUT2D eigenvalue weighted by Gasteiger charge is 2.04. The van der Waals surface area contributed by atoms with Gasteiger partial charge in [0, 0.05) is 31.7 Å². The van der Waals surface area contributed by atoms with Crippen LogP contribution in [0.3, 0.4) is 0 Å². The molecule has 2 N–H and O–H groups in total. The molecule has 0 radical (unpaired) electrons. The van der Waals surface area contributed by atoms with Crippen LogP contribution in [0.5, 0.6) is 0 Å². The lowest BCUT2D eigenvalue weighted by molar-refractivity contribution is -0.120. The standard InChI is InChI=1S/C12H22N4O/c1-4-13-12(17)5-6-14-11(3)9-16-8-10(2)7-15-16/h7-8,11,14H,4-6,9H2,1-3H3,(H,13,17). The zero-order chi connectivity index (χ0) is 12.7. The van der Waals surface area contributed by atoms with Gasteiger partial charge in [-0.05, 0) is 26.3 Å². The molecule has 5 heteroatoms. The van der Waals surface area contributed by atoms with Crippen molar-refractivity contribution in [3.05, 3.63) is 18.0 Å². The monoisotopic (exact) mass is 238 g/mol. The molecule has 0 aliphatic carbocycles. The van der Waals surface area contributed by atoms with Crippen molar-refractivity contribution in [3.8, 4) is 0 Å². The van der Waals surface area contributed by atoms with Crippen LogP contribution in [0, 0.1) is 6.92 Å². The Hall–Kier alpha value is -1.36. The van der Waals surface area contributed by atoms with Gasteiger partial charge in [0.2, 0.25) is 5.91 Å². The summed E-state index contributed by atoms with van der Waals surface area (Å²) in [7, 11) is 0. The summed E-state index contributed by atoms with van der Waals surface area (Å²) in [6.07, 6.45) is 4.39. The first-order valence-electron chi connectivity index (χ1n) is 6.11. The lowest BCUT2D eigenvalue weighted by atomic mass is 10.3. The van der Waals surface area contributed by atoms with Gasteiger partial charge in [-0.15, -0.1) is 0 Å². The van der Waals surface area contributed by atoms with E-state index in [4.69, 9.17) is 0 Å². The van der Waals surface area contributed by atoms with Crippen LogP contribution in [0.1, 0.15) is 25.8 Å². The van der Waals surface area contributed by atoms with E-state index in [1.165, 1.54) is 5.56 Å². The maximum atomic E-state index is 11.2. The van der Waals surface area contributed by atoms with Crippen molar-refractivity contribution >= 4 is 5.91 Å². The van der Waals surface area contributed by atoms with E-state index in [0.29, 0.717) is 25.6 Å². The van der Waals surface area contributed by atoms with Gasteiger partial charge >= 0.3 is 0 Å². The summed E-state index contributed by atoms with van der Waals surface area (Å²) in [5.74, 6) is 0.0992. The minimum absolute atomic E-state index is 0.0992. The molecule has 0 saturated carbocycles. The van der Waals surface area contributed by atoms with Gasteiger partial charge in [-0.1, -0.05) is 0 Å². The number of aromatic nitrogens is 2. The summed E-state index contributed by atoms with van der Waals surface area (Å²) in [5, 5.41) is 10.3. The number of hydrogen-bond acceptors (Lipinski definition) is 3. The average Bonchev–Trinajstić information content (AvgIpc) is 2.64. The Morgan fingerprint density at radius 1 is 1.59 bits per heavy atom. The third kappa shape index (κ3) is 5.49. The van der Waals surface area contributed by atoms with Crippen molar-refractivity contribution in [1.29, 1.82) is 0 Å². The molecule has 96 valence electrons. The highest BCUT2D eigenvalue weighted by atomic mass is 16.1. The van der Waals surface area contributed by atoms with Gasteiger partial charge in [0.05, 0.1) is 12.7 Å². The van der Waals surface area contributed by atoms with Crippen molar-refractivity contribution in [2.24, 2.45) is 0 Å². The molecule has 0 spiro atoms. The summed E-state index contributed by atoms with van der Waals surface area (Å²) in [6, 6.07) is 0.309. The van der Waals surface area contributed by atoms with Crippen molar-refractivity contribution in [2.75, 3.05) is 13.1 Å². The van der Waals surface area contributed by atoms with Crippen molar-refractivity contribution in [1.82, 2.24) is 20.4 Å². The Labute approximate surface area is 103 Å². The summed E-state index contributed by atoms with van der Waals surface area (Å²) < 4.78 is 1.92. The van der Waals surface area contributed by atoms with Crippen LogP contribution in [0.15, 0.2) is 12.4 Å². The molecular formula is C12H22N4O.